The molecule has 0 spiro atoms. The van der Waals surface area contributed by atoms with Gasteiger partial charge >= 0.3 is 35.2 Å². The van der Waals surface area contributed by atoms with Gasteiger partial charge in [0, 0.05) is 267 Å². The van der Waals surface area contributed by atoms with Gasteiger partial charge < -0.3 is 165 Å². The molecule has 0 saturated heterocycles. The van der Waals surface area contributed by atoms with Gasteiger partial charge in [0.25, 0.3) is 0 Å². The summed E-state index contributed by atoms with van der Waals surface area (Å²) in [4.78, 5) is 3.99. The first-order valence-corrected chi connectivity index (χ1v) is 55.8. The largest absolute Gasteiger partial charge is 0.500 e. The number of aliphatic hydroxyl groups is 8. The number of hydrogen-bond acceptors (Lipinski definition) is 36. The third-order valence-electron chi connectivity index (χ3n) is 22.1. The molecule has 0 radical (unpaired) electrons. The van der Waals surface area contributed by atoms with Crippen LogP contribution in [0.2, 0.25) is 24.2 Å². The van der Waals surface area contributed by atoms with E-state index in [0.717, 1.165) is 58.0 Å². The van der Waals surface area contributed by atoms with Gasteiger partial charge in [-0.05, 0) is 75.0 Å². The van der Waals surface area contributed by atoms with E-state index in [1.807, 2.05) is 9.80 Å². The Morgan fingerprint density at radius 3 is 0.680 bits per heavy atom. The van der Waals surface area contributed by atoms with Crippen molar-refractivity contribution >= 4 is 35.2 Å². The molecule has 776 valence electrons. The number of nitrogens with zero attached hydrogens (tertiary/aromatic N) is 2. The number of rotatable bonds is 94. The fraction of sp³-hybridized carbons (Fsp3) is 1.00. The Bertz CT molecular complexity index is 2170. The molecule has 16 N–H and O–H groups in total. The quantitative estimate of drug-likeness (QED) is 0.0253. The molecule has 12 unspecified atom stereocenters. The molecule has 40 heteroatoms. The molecule has 0 fully saturated rings. The van der Waals surface area contributed by atoms with Gasteiger partial charge in [0.15, 0.2) is 0 Å². The molecule has 0 aliphatic rings. The zero-order chi connectivity index (χ0) is 96.7. The Morgan fingerprint density at radius 2 is 0.461 bits per heavy atom. The van der Waals surface area contributed by atoms with Crippen LogP contribution in [0.3, 0.4) is 0 Å². The molecule has 0 amide bonds. The van der Waals surface area contributed by atoms with Crippen molar-refractivity contribution in [3.05, 3.63) is 0 Å². The number of ether oxygens (including phenoxy) is 8. The fourth-order valence-corrected chi connectivity index (χ4v) is 20.4. The van der Waals surface area contributed by atoms with E-state index in [2.05, 4.69) is 76.7 Å². The van der Waals surface area contributed by atoms with Crippen molar-refractivity contribution in [1.82, 2.24) is 31.1 Å². The minimum absolute atomic E-state index is 0.213. The molecule has 12 atom stereocenters. The molecule has 0 aliphatic heterocycles. The zero-order valence-electron chi connectivity index (χ0n) is 84.3. The van der Waals surface area contributed by atoms with Gasteiger partial charge in [-0.25, -0.2) is 0 Å². The summed E-state index contributed by atoms with van der Waals surface area (Å²) in [5.74, 6) is 2.18. The van der Waals surface area contributed by atoms with Crippen LogP contribution in [0.1, 0.15) is 184 Å². The topological polar surface area (TPSA) is 453 Å². The predicted octanol–water partition coefficient (Wildman–Crippen LogP) is 5.78. The molecule has 0 heterocycles. The van der Waals surface area contributed by atoms with Gasteiger partial charge in [-0.1, -0.05) is 132 Å². The molecule has 128 heavy (non-hydrogen) atoms. The standard InChI is InChI=1S/C33H72N2O9Si.2C22H50N2O7Si.C11H28N2O5Si/c1-8-12-15-29(10-3)24-43-27-32(37)22-35(23-33(38)28-44-25-30(11-4)16-13-9-2)18-17-34-21-31(36)26-42-19-14-20-45(39-5,40-6)41-7;1-6-8-10-20(7-2)17-31-19-22(26)16-24(12-11-23)15-21(25)18-30-13-9-14-32(27-3,28-4)29-5;1-6-8-10-20(7-2)17-31-19-22(26)16-24-12-11-23-15-21(25)18-30-13-9-14-32(27-3,28-4)29-5;1-15-19(16-2,17-3)8-4-7-18-10-11(14)9-13-6-5-12/h29-34,36-38H,8-28H2,1-7H3;20-22,25-26H,6-19,23H2,1-5H3;20-26H,6-19H2,1-5H3;11,13-14H,4-10,12H2,1-3H3. The van der Waals surface area contributed by atoms with Crippen molar-refractivity contribution in [2.45, 2.75) is 257 Å². The lowest BCUT2D eigenvalue weighted by Crippen LogP contribution is -2.44. The van der Waals surface area contributed by atoms with Crippen molar-refractivity contribution in [3.8, 4) is 0 Å². The van der Waals surface area contributed by atoms with Crippen LogP contribution in [-0.4, -0.2) is 430 Å². The van der Waals surface area contributed by atoms with Gasteiger partial charge in [-0.15, -0.1) is 0 Å². The molecule has 0 aromatic heterocycles. The van der Waals surface area contributed by atoms with Crippen molar-refractivity contribution in [2.75, 3.05) is 296 Å². The van der Waals surface area contributed by atoms with Crippen LogP contribution >= 0.6 is 0 Å². The van der Waals surface area contributed by atoms with Crippen LogP contribution in [-0.2, 0) is 91.0 Å². The smallest absolute Gasteiger partial charge is 0.389 e. The number of unbranched alkanes of at least 4 members (excludes halogenated alkanes) is 4. The van der Waals surface area contributed by atoms with Crippen LogP contribution in [0, 0.1) is 23.7 Å². The van der Waals surface area contributed by atoms with Crippen molar-refractivity contribution in [2.24, 2.45) is 35.1 Å². The molecule has 0 saturated carbocycles. The molecule has 0 aromatic rings. The summed E-state index contributed by atoms with van der Waals surface area (Å²) in [6.07, 6.45) is 16.7. The molecule has 36 nitrogen and oxygen atoms in total. The number of hydrogen-bond donors (Lipinski definition) is 14. The Hall–Kier alpha value is -0.572. The zero-order valence-corrected chi connectivity index (χ0v) is 88.3. The lowest BCUT2D eigenvalue weighted by molar-refractivity contribution is -0.0204. The molecule has 0 aromatic carbocycles. The predicted molar refractivity (Wildman–Crippen MR) is 515 cm³/mol. The second-order valence-corrected chi connectivity index (χ2v) is 45.2. The van der Waals surface area contributed by atoms with Crippen molar-refractivity contribution in [1.29, 1.82) is 0 Å². The first kappa shape index (κ1) is 134. The maximum absolute atomic E-state index is 10.8. The van der Waals surface area contributed by atoms with Crippen molar-refractivity contribution in [3.63, 3.8) is 0 Å². The lowest BCUT2D eigenvalue weighted by atomic mass is 10.0. The summed E-state index contributed by atoms with van der Waals surface area (Å²) in [5.41, 5.74) is 11.0. The average molecular weight is 1930 g/mol. The summed E-state index contributed by atoms with van der Waals surface area (Å²) in [5, 5.41) is 94.8. The van der Waals surface area contributed by atoms with E-state index in [9.17, 15) is 40.9 Å². The van der Waals surface area contributed by atoms with E-state index in [4.69, 9.17) is 102 Å². The normalized spacial score (nSPS) is 15.2. The Morgan fingerprint density at radius 1 is 0.250 bits per heavy atom. The SMILES string of the molecule is CCCCC(CC)COCC(O)CN(CCN)CC(O)COCCC[Si](OC)(OC)OC.CCCCC(CC)COCC(O)CN(CCNCC(O)COCCC[Si](OC)(OC)OC)CC(O)COCC(CC)CCCC.CCCCC(CC)COCC(O)CNCCNCC(O)COCCC[Si](OC)(OC)OC.CO[Si](CCCOCC(O)CNCCN)(OC)OC. The summed E-state index contributed by atoms with van der Waals surface area (Å²) in [7, 11) is 8.86. The van der Waals surface area contributed by atoms with E-state index < -0.39 is 84.0 Å². The first-order chi connectivity index (χ1) is 61.7. The van der Waals surface area contributed by atoms with Gasteiger partial charge in [0.2, 0.25) is 0 Å². The van der Waals surface area contributed by atoms with Crippen LogP contribution in [0.25, 0.3) is 0 Å². The van der Waals surface area contributed by atoms with E-state index in [1.165, 1.54) is 64.2 Å². The minimum Gasteiger partial charge on any atom is -0.389 e. The third kappa shape index (κ3) is 76.4. The highest BCUT2D eigenvalue weighted by atomic mass is 28.4. The highest BCUT2D eigenvalue weighted by Gasteiger charge is 2.40. The third-order valence-corrected chi connectivity index (χ3v) is 33.5. The Labute approximate surface area is 782 Å². The highest BCUT2D eigenvalue weighted by Crippen LogP contribution is 2.21. The first-order valence-electron chi connectivity index (χ1n) is 48.1. The molecular weight excluding hydrogens is 1730 g/mol. The van der Waals surface area contributed by atoms with E-state index >= 15 is 0 Å². The summed E-state index contributed by atoms with van der Waals surface area (Å²) >= 11 is 0. The summed E-state index contributed by atoms with van der Waals surface area (Å²) < 4.78 is 110. The Balaban J connectivity index is -0.000000831. The van der Waals surface area contributed by atoms with Gasteiger partial charge in [0.1, 0.15) is 0 Å². The van der Waals surface area contributed by atoms with Crippen LogP contribution in [0.4, 0.5) is 0 Å². The van der Waals surface area contributed by atoms with Crippen LogP contribution in [0.15, 0.2) is 0 Å². The highest BCUT2D eigenvalue weighted by molar-refractivity contribution is 6.61. The molecule has 0 bridgehead atoms. The molecular formula is C88H200N8O28Si4. The maximum atomic E-state index is 10.8. The van der Waals surface area contributed by atoms with E-state index in [-0.39, 0.29) is 33.0 Å². The molecule has 0 rings (SSSR count). The number of aliphatic hydroxyl groups excluding tert-OH is 8. The number of nitrogens with two attached hydrogens (primary N) is 2. The van der Waals surface area contributed by atoms with Crippen LogP contribution in [0.5, 0.6) is 0 Å². The number of nitrogens with one attached hydrogen (secondary N) is 4. The minimum atomic E-state index is -2.61. The van der Waals surface area contributed by atoms with E-state index in [0.29, 0.717) is 231 Å². The van der Waals surface area contributed by atoms with Gasteiger partial charge in [-0.3, -0.25) is 9.80 Å². The van der Waals surface area contributed by atoms with Gasteiger partial charge in [0.05, 0.1) is 102 Å². The monoisotopic (exact) mass is 1930 g/mol. The lowest BCUT2D eigenvalue weighted by Gasteiger charge is -2.28. The summed E-state index contributed by atoms with van der Waals surface area (Å²) in [6, 6.07) is 2.66. The second-order valence-electron chi connectivity index (χ2n) is 32.9. The van der Waals surface area contributed by atoms with Crippen LogP contribution < -0.4 is 32.7 Å². The molecule has 0 aliphatic carbocycles. The maximum Gasteiger partial charge on any atom is 0.500 e. The fourth-order valence-electron chi connectivity index (χ4n) is 13.7. The van der Waals surface area contributed by atoms with Crippen molar-refractivity contribution < 1.29 is 132 Å². The average Bonchev–Trinajstić information content (AvgIpc) is 0.906. The second kappa shape index (κ2) is 94.0. The van der Waals surface area contributed by atoms with Gasteiger partial charge in [-0.2, -0.15) is 0 Å². The Kier molecular flexibility index (Phi) is 98.2. The summed E-state index contributed by atoms with van der Waals surface area (Å²) in [6.45, 7) is 32.8. The van der Waals surface area contributed by atoms with E-state index in [1.54, 1.807) is 85.3 Å².